The van der Waals surface area contributed by atoms with Gasteiger partial charge in [0.05, 0.1) is 0 Å². The van der Waals surface area contributed by atoms with Gasteiger partial charge in [0.1, 0.15) is 0 Å². The van der Waals surface area contributed by atoms with Crippen molar-refractivity contribution >= 4 is 16.6 Å². The second kappa shape index (κ2) is 5.37. The first kappa shape index (κ1) is 13.3. The summed E-state index contributed by atoms with van der Waals surface area (Å²) < 4.78 is 0. The third-order valence-electron chi connectivity index (χ3n) is 4.64. The van der Waals surface area contributed by atoms with Crippen LogP contribution < -0.4 is 5.32 Å². The molecule has 1 atom stereocenters. The molecule has 1 heterocycles. The highest BCUT2D eigenvalue weighted by Crippen LogP contribution is 2.34. The van der Waals surface area contributed by atoms with E-state index in [2.05, 4.69) is 30.4 Å². The highest BCUT2D eigenvalue weighted by atomic mass is 16.1. The molecule has 0 saturated carbocycles. The number of Topliss-reactive ketones (excluding diaryl/α,β-unsaturated/α-hetero) is 1. The van der Waals surface area contributed by atoms with Crippen molar-refractivity contribution in [2.24, 2.45) is 5.41 Å². The van der Waals surface area contributed by atoms with Crippen molar-refractivity contribution in [2.75, 3.05) is 13.1 Å². The quantitative estimate of drug-likeness (QED) is 0.857. The normalized spacial score (nSPS) is 22.9. The lowest BCUT2D eigenvalue weighted by atomic mass is 9.72. The monoisotopic (exact) mass is 267 g/mol. The van der Waals surface area contributed by atoms with Gasteiger partial charge in [-0.05, 0) is 42.6 Å². The average molecular weight is 267 g/mol. The van der Waals surface area contributed by atoms with Crippen LogP contribution in [-0.4, -0.2) is 18.9 Å². The van der Waals surface area contributed by atoms with Crippen LogP contribution in [-0.2, 0) is 0 Å². The van der Waals surface area contributed by atoms with E-state index in [0.717, 1.165) is 43.3 Å². The van der Waals surface area contributed by atoms with E-state index in [1.54, 1.807) is 0 Å². The van der Waals surface area contributed by atoms with Crippen LogP contribution in [0.1, 0.15) is 36.5 Å². The van der Waals surface area contributed by atoms with Crippen molar-refractivity contribution in [2.45, 2.75) is 26.2 Å². The first-order chi connectivity index (χ1) is 9.75. The van der Waals surface area contributed by atoms with Crippen molar-refractivity contribution in [1.29, 1.82) is 0 Å². The Bertz CT molecular complexity index is 626. The van der Waals surface area contributed by atoms with E-state index in [4.69, 9.17) is 0 Å². The Balaban J connectivity index is 1.98. The van der Waals surface area contributed by atoms with Gasteiger partial charge in [0.15, 0.2) is 5.78 Å². The summed E-state index contributed by atoms with van der Waals surface area (Å²) >= 11 is 0. The van der Waals surface area contributed by atoms with E-state index in [1.807, 2.05) is 24.3 Å². The predicted molar refractivity (Wildman–Crippen MR) is 83.1 cm³/mol. The molecule has 0 radical (unpaired) electrons. The van der Waals surface area contributed by atoms with E-state index < -0.39 is 0 Å². The van der Waals surface area contributed by atoms with Crippen molar-refractivity contribution in [1.82, 2.24) is 5.32 Å². The molecular weight excluding hydrogens is 246 g/mol. The molecule has 0 amide bonds. The van der Waals surface area contributed by atoms with Crippen LogP contribution in [0.3, 0.4) is 0 Å². The molecule has 2 nitrogen and oxygen atoms in total. The molecule has 20 heavy (non-hydrogen) atoms. The number of hydrogen-bond donors (Lipinski definition) is 1. The van der Waals surface area contributed by atoms with E-state index in [9.17, 15) is 4.79 Å². The molecular formula is C18H21NO. The number of piperidine rings is 1. The van der Waals surface area contributed by atoms with Gasteiger partial charge < -0.3 is 5.32 Å². The lowest BCUT2D eigenvalue weighted by Gasteiger charge is -2.35. The molecule has 0 bridgehead atoms. The van der Waals surface area contributed by atoms with E-state index in [-0.39, 0.29) is 5.41 Å². The van der Waals surface area contributed by atoms with Crippen LogP contribution in [0.25, 0.3) is 10.8 Å². The van der Waals surface area contributed by atoms with E-state index in [1.165, 1.54) is 5.39 Å². The lowest BCUT2D eigenvalue weighted by molar-refractivity contribution is 0.0731. The van der Waals surface area contributed by atoms with Gasteiger partial charge in [0.25, 0.3) is 0 Å². The fourth-order valence-electron chi connectivity index (χ4n) is 3.26. The maximum Gasteiger partial charge on any atom is 0.170 e. The summed E-state index contributed by atoms with van der Waals surface area (Å²) in [6.07, 6.45) is 3.00. The first-order valence-electron chi connectivity index (χ1n) is 7.49. The molecule has 104 valence electrons. The minimum absolute atomic E-state index is 0.208. The average Bonchev–Trinajstić information content (AvgIpc) is 2.54. The van der Waals surface area contributed by atoms with Gasteiger partial charge in [-0.1, -0.05) is 43.3 Å². The minimum atomic E-state index is -0.208. The molecule has 2 aromatic carbocycles. The van der Waals surface area contributed by atoms with Gasteiger partial charge >= 0.3 is 0 Å². The highest BCUT2D eigenvalue weighted by Gasteiger charge is 2.38. The van der Waals surface area contributed by atoms with Crippen molar-refractivity contribution in [3.8, 4) is 0 Å². The lowest BCUT2D eigenvalue weighted by Crippen LogP contribution is -2.45. The zero-order chi connectivity index (χ0) is 14.0. The molecule has 0 spiro atoms. The number of fused-ring (bicyclic) bond motifs is 1. The summed E-state index contributed by atoms with van der Waals surface area (Å²) in [6, 6.07) is 14.3. The molecule has 2 heteroatoms. The number of nitrogens with one attached hydrogen (secondary N) is 1. The summed E-state index contributed by atoms with van der Waals surface area (Å²) in [5, 5.41) is 5.73. The summed E-state index contributed by atoms with van der Waals surface area (Å²) in [6.45, 7) is 3.98. The summed E-state index contributed by atoms with van der Waals surface area (Å²) in [4.78, 5) is 13.0. The zero-order valence-electron chi connectivity index (χ0n) is 12.0. The number of hydrogen-bond acceptors (Lipinski definition) is 2. The van der Waals surface area contributed by atoms with E-state index >= 15 is 0 Å². The molecule has 2 aromatic rings. The molecule has 3 rings (SSSR count). The number of benzene rings is 2. The third kappa shape index (κ3) is 2.25. The maximum atomic E-state index is 13.0. The Kier molecular flexibility index (Phi) is 3.58. The van der Waals surface area contributed by atoms with Crippen molar-refractivity contribution in [3.63, 3.8) is 0 Å². The van der Waals surface area contributed by atoms with Crippen LogP contribution in [0.15, 0.2) is 42.5 Å². The topological polar surface area (TPSA) is 29.1 Å². The molecule has 1 N–H and O–H groups in total. The molecule has 0 aromatic heterocycles. The first-order valence-corrected chi connectivity index (χ1v) is 7.49. The second-order valence-corrected chi connectivity index (χ2v) is 5.81. The summed E-state index contributed by atoms with van der Waals surface area (Å²) in [5.74, 6) is 0.304. The third-order valence-corrected chi connectivity index (χ3v) is 4.64. The van der Waals surface area contributed by atoms with Crippen LogP contribution in [0.2, 0.25) is 0 Å². The standard InChI is InChI=1S/C18H21NO/c1-2-18(10-5-11-19-13-18)17(20)16-9-8-14-6-3-4-7-15(14)12-16/h3-4,6-9,12,19H,2,5,10-11,13H2,1H3. The van der Waals surface area contributed by atoms with Crippen LogP contribution >= 0.6 is 0 Å². The number of carbonyl (C=O) groups excluding carboxylic acids is 1. The Labute approximate surface area is 120 Å². The molecule has 1 aliphatic heterocycles. The van der Waals surface area contributed by atoms with Gasteiger partial charge in [-0.15, -0.1) is 0 Å². The minimum Gasteiger partial charge on any atom is -0.316 e. The van der Waals surface area contributed by atoms with Crippen LogP contribution in [0.4, 0.5) is 0 Å². The Hall–Kier alpha value is -1.67. The van der Waals surface area contributed by atoms with Gasteiger partial charge in [0, 0.05) is 17.5 Å². The fourth-order valence-corrected chi connectivity index (χ4v) is 3.26. The summed E-state index contributed by atoms with van der Waals surface area (Å²) in [5.41, 5.74) is 0.648. The van der Waals surface area contributed by atoms with Crippen LogP contribution in [0, 0.1) is 5.41 Å². The van der Waals surface area contributed by atoms with Crippen LogP contribution in [0.5, 0.6) is 0 Å². The van der Waals surface area contributed by atoms with Gasteiger partial charge in [-0.2, -0.15) is 0 Å². The predicted octanol–water partition coefficient (Wildman–Crippen LogP) is 3.80. The Morgan fingerprint density at radius 2 is 2.00 bits per heavy atom. The smallest absolute Gasteiger partial charge is 0.170 e. The van der Waals surface area contributed by atoms with Crippen molar-refractivity contribution < 1.29 is 4.79 Å². The van der Waals surface area contributed by atoms with Gasteiger partial charge in [-0.3, -0.25) is 4.79 Å². The number of carbonyl (C=O) groups is 1. The summed E-state index contributed by atoms with van der Waals surface area (Å²) in [7, 11) is 0. The van der Waals surface area contributed by atoms with Gasteiger partial charge in [0.2, 0.25) is 0 Å². The van der Waals surface area contributed by atoms with E-state index in [0.29, 0.717) is 5.78 Å². The molecule has 1 aliphatic rings. The zero-order valence-corrected chi connectivity index (χ0v) is 12.0. The Morgan fingerprint density at radius 3 is 2.70 bits per heavy atom. The highest BCUT2D eigenvalue weighted by molar-refractivity contribution is 6.03. The molecule has 1 saturated heterocycles. The largest absolute Gasteiger partial charge is 0.316 e. The number of ketones is 1. The molecule has 0 aliphatic carbocycles. The second-order valence-electron chi connectivity index (χ2n) is 5.81. The fraction of sp³-hybridized carbons (Fsp3) is 0.389. The van der Waals surface area contributed by atoms with Gasteiger partial charge in [-0.25, -0.2) is 0 Å². The molecule has 1 unspecified atom stereocenters. The maximum absolute atomic E-state index is 13.0. The number of rotatable bonds is 3. The SMILES string of the molecule is CCC1(C(=O)c2ccc3ccccc3c2)CCCNC1. The molecule has 1 fully saturated rings. The van der Waals surface area contributed by atoms with Crippen molar-refractivity contribution in [3.05, 3.63) is 48.0 Å². The Morgan fingerprint density at radius 1 is 1.20 bits per heavy atom.